The van der Waals surface area contributed by atoms with Gasteiger partial charge >= 0.3 is 0 Å². The van der Waals surface area contributed by atoms with Crippen molar-refractivity contribution in [3.05, 3.63) is 22.8 Å². The van der Waals surface area contributed by atoms with Crippen molar-refractivity contribution in [1.82, 2.24) is 15.6 Å². The molecule has 0 aliphatic rings. The molecule has 20 heavy (non-hydrogen) atoms. The van der Waals surface area contributed by atoms with Crippen LogP contribution in [0.4, 0.5) is 5.82 Å². The molecule has 0 aliphatic heterocycles. The Bertz CT molecular complexity index is 495. The monoisotopic (exact) mass is 299 g/mol. The van der Waals surface area contributed by atoms with Gasteiger partial charge in [0.15, 0.2) is 0 Å². The second kappa shape index (κ2) is 7.66. The molecule has 0 spiro atoms. The molecule has 8 heteroatoms. The minimum Gasteiger partial charge on any atom is -0.354 e. The van der Waals surface area contributed by atoms with E-state index in [0.717, 1.165) is 6.42 Å². The topological polar surface area (TPSA) is 109 Å². The lowest BCUT2D eigenvalue weighted by Crippen LogP contribution is -2.45. The molecule has 5 N–H and O–H groups in total. The van der Waals surface area contributed by atoms with E-state index in [1.54, 1.807) is 6.92 Å². The van der Waals surface area contributed by atoms with Crippen molar-refractivity contribution in [3.8, 4) is 0 Å². The first-order chi connectivity index (χ1) is 9.47. The Balaban J connectivity index is 2.71. The Kier molecular flexibility index (Phi) is 6.20. The minimum atomic E-state index is -0.643. The first-order valence-electron chi connectivity index (χ1n) is 6.20. The molecule has 1 aromatic rings. The number of nitrogens with one attached hydrogen (secondary N) is 3. The molecule has 1 atom stereocenters. The van der Waals surface area contributed by atoms with E-state index >= 15 is 0 Å². The van der Waals surface area contributed by atoms with Gasteiger partial charge in [0.25, 0.3) is 5.91 Å². The van der Waals surface area contributed by atoms with Gasteiger partial charge in [-0.15, -0.1) is 0 Å². The number of hydrogen-bond donors (Lipinski definition) is 4. The molecule has 0 bridgehead atoms. The second-order valence-corrected chi connectivity index (χ2v) is 4.58. The molecule has 1 aromatic heterocycles. The number of hydrogen-bond acceptors (Lipinski definition) is 5. The van der Waals surface area contributed by atoms with Crippen molar-refractivity contribution in [1.29, 1.82) is 0 Å². The van der Waals surface area contributed by atoms with Crippen LogP contribution in [0.3, 0.4) is 0 Å². The summed E-state index contributed by atoms with van der Waals surface area (Å²) in [6, 6.07) is 2.20. The molecule has 0 saturated carbocycles. The fourth-order valence-corrected chi connectivity index (χ4v) is 1.66. The van der Waals surface area contributed by atoms with Crippen LogP contribution in [0, 0.1) is 0 Å². The van der Waals surface area contributed by atoms with Crippen LogP contribution in [-0.4, -0.2) is 29.4 Å². The van der Waals surface area contributed by atoms with Gasteiger partial charge in [-0.3, -0.25) is 9.59 Å². The molecule has 7 nitrogen and oxygen atoms in total. The van der Waals surface area contributed by atoms with Gasteiger partial charge in [0.2, 0.25) is 5.91 Å². The van der Waals surface area contributed by atoms with Crippen molar-refractivity contribution in [2.75, 3.05) is 12.0 Å². The molecule has 0 radical (unpaired) electrons. The number of rotatable bonds is 6. The summed E-state index contributed by atoms with van der Waals surface area (Å²) in [6.07, 6.45) is 0.831. The summed E-state index contributed by atoms with van der Waals surface area (Å²) in [5.41, 5.74) is 2.58. The number of amides is 2. The first-order valence-corrected chi connectivity index (χ1v) is 6.58. The Morgan fingerprint density at radius 2 is 2.15 bits per heavy atom. The maximum absolute atomic E-state index is 12.0. The van der Waals surface area contributed by atoms with Crippen molar-refractivity contribution in [3.63, 3.8) is 0 Å². The highest BCUT2D eigenvalue weighted by atomic mass is 35.5. The number of anilines is 1. The number of hydrazine groups is 1. The van der Waals surface area contributed by atoms with E-state index < -0.39 is 11.9 Å². The largest absolute Gasteiger partial charge is 0.354 e. The van der Waals surface area contributed by atoms with Crippen LogP contribution >= 0.6 is 11.6 Å². The number of carbonyl (C=O) groups excluding carboxylic acids is 2. The number of nitrogens with zero attached hydrogens (tertiary/aromatic N) is 1. The van der Waals surface area contributed by atoms with E-state index in [4.69, 9.17) is 17.4 Å². The number of pyridine rings is 1. The average Bonchev–Trinajstić information content (AvgIpc) is 2.43. The van der Waals surface area contributed by atoms with Gasteiger partial charge in [-0.2, -0.15) is 0 Å². The van der Waals surface area contributed by atoms with Crippen LogP contribution in [0.25, 0.3) is 0 Å². The number of aromatic nitrogens is 1. The molecule has 1 heterocycles. The van der Waals surface area contributed by atoms with Crippen molar-refractivity contribution >= 4 is 29.2 Å². The average molecular weight is 300 g/mol. The third-order valence-electron chi connectivity index (χ3n) is 2.49. The van der Waals surface area contributed by atoms with E-state index in [2.05, 4.69) is 21.0 Å². The SMILES string of the molecule is CCCNC(=O)C(C)NC(=O)c1cc(Cl)nc(NN)c1. The van der Waals surface area contributed by atoms with Gasteiger partial charge < -0.3 is 16.1 Å². The fraction of sp³-hybridized carbons (Fsp3) is 0.417. The zero-order chi connectivity index (χ0) is 15.1. The molecule has 0 fully saturated rings. The molecule has 0 aliphatic carbocycles. The second-order valence-electron chi connectivity index (χ2n) is 4.19. The lowest BCUT2D eigenvalue weighted by molar-refractivity contribution is -0.122. The fourth-order valence-electron chi connectivity index (χ4n) is 1.45. The maximum atomic E-state index is 12.0. The highest BCUT2D eigenvalue weighted by Crippen LogP contribution is 2.13. The van der Waals surface area contributed by atoms with Gasteiger partial charge in [-0.25, -0.2) is 10.8 Å². The molecule has 1 rings (SSSR count). The summed E-state index contributed by atoms with van der Waals surface area (Å²) in [5.74, 6) is 4.83. The van der Waals surface area contributed by atoms with Crippen LogP contribution < -0.4 is 21.9 Å². The van der Waals surface area contributed by atoms with Crippen molar-refractivity contribution < 1.29 is 9.59 Å². The number of carbonyl (C=O) groups is 2. The smallest absolute Gasteiger partial charge is 0.252 e. The van der Waals surface area contributed by atoms with Gasteiger partial charge in [0.1, 0.15) is 17.0 Å². The van der Waals surface area contributed by atoms with Crippen molar-refractivity contribution in [2.24, 2.45) is 5.84 Å². The summed E-state index contributed by atoms with van der Waals surface area (Å²) in [4.78, 5) is 27.5. The maximum Gasteiger partial charge on any atom is 0.252 e. The molecule has 1 unspecified atom stereocenters. The Labute approximate surface area is 122 Å². The van der Waals surface area contributed by atoms with E-state index in [1.165, 1.54) is 12.1 Å². The summed E-state index contributed by atoms with van der Waals surface area (Å²) < 4.78 is 0. The number of halogens is 1. The molecular formula is C12H18ClN5O2. The van der Waals surface area contributed by atoms with Gasteiger partial charge in [0.05, 0.1) is 0 Å². The zero-order valence-corrected chi connectivity index (χ0v) is 12.1. The highest BCUT2D eigenvalue weighted by Gasteiger charge is 2.17. The Morgan fingerprint density at radius 1 is 1.45 bits per heavy atom. The molecule has 0 aromatic carbocycles. The van der Waals surface area contributed by atoms with E-state index in [0.29, 0.717) is 6.54 Å². The number of nitrogen functional groups attached to an aromatic ring is 1. The Hall–Kier alpha value is -1.86. The quantitative estimate of drug-likeness (QED) is 0.350. The lowest BCUT2D eigenvalue weighted by Gasteiger charge is -2.14. The molecule has 0 saturated heterocycles. The summed E-state index contributed by atoms with van der Waals surface area (Å²) in [6.45, 7) is 4.12. The summed E-state index contributed by atoms with van der Waals surface area (Å²) in [7, 11) is 0. The molecule has 2 amide bonds. The zero-order valence-electron chi connectivity index (χ0n) is 11.4. The lowest BCUT2D eigenvalue weighted by atomic mass is 10.2. The number of nitrogens with two attached hydrogens (primary N) is 1. The third-order valence-corrected chi connectivity index (χ3v) is 2.69. The van der Waals surface area contributed by atoms with Gasteiger partial charge in [0, 0.05) is 12.1 Å². The summed E-state index contributed by atoms with van der Waals surface area (Å²) in [5, 5.41) is 5.41. The van der Waals surface area contributed by atoms with Gasteiger partial charge in [-0.1, -0.05) is 18.5 Å². The van der Waals surface area contributed by atoms with E-state index in [-0.39, 0.29) is 22.4 Å². The first kappa shape index (κ1) is 16.2. The Morgan fingerprint density at radius 3 is 2.75 bits per heavy atom. The van der Waals surface area contributed by atoms with Crippen LogP contribution in [-0.2, 0) is 4.79 Å². The van der Waals surface area contributed by atoms with Crippen LogP contribution in [0.15, 0.2) is 12.1 Å². The van der Waals surface area contributed by atoms with Crippen LogP contribution in [0.2, 0.25) is 5.15 Å². The highest BCUT2D eigenvalue weighted by molar-refractivity contribution is 6.29. The third kappa shape index (κ3) is 4.67. The van der Waals surface area contributed by atoms with Crippen LogP contribution in [0.1, 0.15) is 30.6 Å². The van der Waals surface area contributed by atoms with E-state index in [1.807, 2.05) is 6.92 Å². The predicted octanol–water partition coefficient (Wildman–Crippen LogP) is 0.665. The van der Waals surface area contributed by atoms with Crippen molar-refractivity contribution in [2.45, 2.75) is 26.3 Å². The molecule has 110 valence electrons. The van der Waals surface area contributed by atoms with Gasteiger partial charge in [-0.05, 0) is 25.5 Å². The normalized spacial score (nSPS) is 11.6. The molecular weight excluding hydrogens is 282 g/mol. The predicted molar refractivity (Wildman–Crippen MR) is 77.3 cm³/mol. The summed E-state index contributed by atoms with van der Waals surface area (Å²) >= 11 is 5.77. The van der Waals surface area contributed by atoms with Crippen LogP contribution in [0.5, 0.6) is 0 Å². The minimum absolute atomic E-state index is 0.133. The van der Waals surface area contributed by atoms with E-state index in [9.17, 15) is 9.59 Å². The standard InChI is InChI=1S/C12H18ClN5O2/c1-3-4-15-11(19)7(2)16-12(20)8-5-9(13)17-10(6-8)18-14/h5-7H,3-4,14H2,1-2H3,(H,15,19)(H,16,20)(H,17,18).